The van der Waals surface area contributed by atoms with E-state index in [2.05, 4.69) is 5.32 Å². The van der Waals surface area contributed by atoms with E-state index < -0.39 is 11.0 Å². The Morgan fingerprint density at radius 1 is 1.19 bits per heavy atom. The fourth-order valence-corrected chi connectivity index (χ4v) is 4.31. The summed E-state index contributed by atoms with van der Waals surface area (Å²) in [6.07, 6.45) is 0.448. The van der Waals surface area contributed by atoms with Crippen molar-refractivity contribution in [3.05, 3.63) is 73.8 Å². The van der Waals surface area contributed by atoms with Gasteiger partial charge < -0.3 is 10.2 Å². The second-order valence-corrected chi connectivity index (χ2v) is 8.54. The zero-order valence-corrected chi connectivity index (χ0v) is 19.5. The number of rotatable bonds is 10. The van der Waals surface area contributed by atoms with Crippen LogP contribution in [0.25, 0.3) is 0 Å². The monoisotopic (exact) mass is 483 g/mol. The summed E-state index contributed by atoms with van der Waals surface area (Å²) >= 11 is 13.6. The van der Waals surface area contributed by atoms with Crippen LogP contribution < -0.4 is 5.32 Å². The number of likely N-dealkylation sites (N-methyl/N-ethyl adjacent to an activating group) is 1. The van der Waals surface area contributed by atoms with E-state index in [0.717, 1.165) is 5.56 Å². The van der Waals surface area contributed by atoms with E-state index in [9.17, 15) is 19.7 Å². The van der Waals surface area contributed by atoms with Crippen LogP contribution >= 0.6 is 35.0 Å². The standard InChI is InChI=1S/C21H23Cl2N3O4S/c1-3-19(21(28)24-2)25(11-15-6-7-16(22)10-18(15)23)20(27)13-31-12-14-4-8-17(9-5-14)26(29)30/h4-10,19H,3,11-13H2,1-2H3,(H,24,28). The number of hydrogen-bond donors (Lipinski definition) is 1. The topological polar surface area (TPSA) is 92.6 Å². The van der Waals surface area contributed by atoms with Crippen molar-refractivity contribution in [1.82, 2.24) is 10.2 Å². The normalized spacial score (nSPS) is 11.6. The zero-order chi connectivity index (χ0) is 23.0. The van der Waals surface area contributed by atoms with Gasteiger partial charge in [-0.05, 0) is 29.7 Å². The molecule has 0 aliphatic rings. The van der Waals surface area contributed by atoms with Crippen LogP contribution in [0.15, 0.2) is 42.5 Å². The molecular formula is C21H23Cl2N3O4S. The molecule has 2 rings (SSSR count). The lowest BCUT2D eigenvalue weighted by Crippen LogP contribution is -2.48. The van der Waals surface area contributed by atoms with Crippen molar-refractivity contribution in [2.75, 3.05) is 12.8 Å². The van der Waals surface area contributed by atoms with E-state index in [4.69, 9.17) is 23.2 Å². The summed E-state index contributed by atoms with van der Waals surface area (Å²) in [6.45, 7) is 2.02. The molecule has 10 heteroatoms. The van der Waals surface area contributed by atoms with Crippen molar-refractivity contribution >= 4 is 52.5 Å². The van der Waals surface area contributed by atoms with Gasteiger partial charge in [0.1, 0.15) is 6.04 Å². The number of nitro benzene ring substituents is 1. The Hall–Kier alpha value is -2.29. The lowest BCUT2D eigenvalue weighted by atomic mass is 10.1. The second-order valence-electron chi connectivity index (χ2n) is 6.71. The van der Waals surface area contributed by atoms with Gasteiger partial charge in [0.15, 0.2) is 0 Å². The zero-order valence-electron chi connectivity index (χ0n) is 17.1. The summed E-state index contributed by atoms with van der Waals surface area (Å²) in [7, 11) is 1.53. The Labute approximate surface area is 195 Å². The molecule has 1 unspecified atom stereocenters. The lowest BCUT2D eigenvalue weighted by Gasteiger charge is -2.30. The highest BCUT2D eigenvalue weighted by molar-refractivity contribution is 7.99. The minimum absolute atomic E-state index is 0.0206. The Morgan fingerprint density at radius 2 is 1.87 bits per heavy atom. The number of carbonyl (C=O) groups is 2. The first-order chi connectivity index (χ1) is 14.8. The Kier molecular flexibility index (Phi) is 9.61. The summed E-state index contributed by atoms with van der Waals surface area (Å²) in [6, 6.07) is 10.6. The third kappa shape index (κ3) is 7.12. The Bertz CT molecular complexity index is 941. The minimum atomic E-state index is -0.635. The van der Waals surface area contributed by atoms with E-state index >= 15 is 0 Å². The van der Waals surface area contributed by atoms with Gasteiger partial charge in [0.25, 0.3) is 5.69 Å². The number of amides is 2. The predicted octanol–water partition coefficient (Wildman–Crippen LogP) is 4.69. The molecule has 2 aromatic rings. The molecule has 7 nitrogen and oxygen atoms in total. The molecule has 0 radical (unpaired) electrons. The van der Waals surface area contributed by atoms with Gasteiger partial charge in [0.05, 0.1) is 10.7 Å². The molecule has 166 valence electrons. The van der Waals surface area contributed by atoms with Crippen molar-refractivity contribution in [2.45, 2.75) is 31.7 Å². The van der Waals surface area contributed by atoms with Crippen LogP contribution in [0.1, 0.15) is 24.5 Å². The van der Waals surface area contributed by atoms with E-state index in [1.54, 1.807) is 30.3 Å². The first-order valence-electron chi connectivity index (χ1n) is 9.52. The van der Waals surface area contributed by atoms with Crippen LogP contribution in [0.3, 0.4) is 0 Å². The smallest absolute Gasteiger partial charge is 0.269 e. The fourth-order valence-electron chi connectivity index (χ4n) is 2.97. The molecule has 0 saturated heterocycles. The van der Waals surface area contributed by atoms with Crippen molar-refractivity contribution in [2.24, 2.45) is 0 Å². The largest absolute Gasteiger partial charge is 0.357 e. The third-order valence-electron chi connectivity index (χ3n) is 4.63. The molecule has 0 aromatic heterocycles. The molecule has 0 fully saturated rings. The number of hydrogen-bond acceptors (Lipinski definition) is 5. The van der Waals surface area contributed by atoms with E-state index in [1.165, 1.54) is 35.8 Å². The number of non-ortho nitro benzene ring substituents is 1. The van der Waals surface area contributed by atoms with Crippen LogP contribution in [0, 0.1) is 10.1 Å². The molecule has 0 aliphatic heterocycles. The van der Waals surface area contributed by atoms with Crippen molar-refractivity contribution < 1.29 is 14.5 Å². The predicted molar refractivity (Wildman–Crippen MR) is 124 cm³/mol. The summed E-state index contributed by atoms with van der Waals surface area (Å²) in [5.74, 6) is 0.209. The number of nitro groups is 1. The van der Waals surface area contributed by atoms with Gasteiger partial charge >= 0.3 is 0 Å². The van der Waals surface area contributed by atoms with Crippen LogP contribution in [0.2, 0.25) is 10.0 Å². The Balaban J connectivity index is 2.11. The van der Waals surface area contributed by atoms with Crippen molar-refractivity contribution in [1.29, 1.82) is 0 Å². The molecule has 0 bridgehead atoms. The average molecular weight is 484 g/mol. The lowest BCUT2D eigenvalue weighted by molar-refractivity contribution is -0.384. The second kappa shape index (κ2) is 11.9. The number of carbonyl (C=O) groups excluding carboxylic acids is 2. The van der Waals surface area contributed by atoms with Crippen LogP contribution in [0.5, 0.6) is 0 Å². The number of benzene rings is 2. The first-order valence-corrected chi connectivity index (χ1v) is 11.4. The minimum Gasteiger partial charge on any atom is -0.357 e. The Morgan fingerprint density at radius 3 is 2.42 bits per heavy atom. The van der Waals surface area contributed by atoms with Crippen molar-refractivity contribution in [3.63, 3.8) is 0 Å². The molecule has 0 heterocycles. The summed E-state index contributed by atoms with van der Waals surface area (Å²) in [5, 5.41) is 14.3. The van der Waals surface area contributed by atoms with Gasteiger partial charge in [0.2, 0.25) is 11.8 Å². The molecule has 2 amide bonds. The molecule has 0 spiro atoms. The number of thioether (sulfide) groups is 1. The maximum atomic E-state index is 13.0. The maximum absolute atomic E-state index is 13.0. The van der Waals surface area contributed by atoms with E-state index in [0.29, 0.717) is 27.8 Å². The number of halogens is 2. The summed E-state index contributed by atoms with van der Waals surface area (Å²) in [4.78, 5) is 37.3. The molecule has 0 saturated carbocycles. The van der Waals surface area contributed by atoms with Crippen LogP contribution in [-0.2, 0) is 21.9 Å². The molecule has 0 aliphatic carbocycles. The van der Waals surface area contributed by atoms with Gasteiger partial charge in [-0.3, -0.25) is 19.7 Å². The highest BCUT2D eigenvalue weighted by atomic mass is 35.5. The first kappa shape index (κ1) is 25.0. The van der Waals surface area contributed by atoms with Crippen molar-refractivity contribution in [3.8, 4) is 0 Å². The quantitative estimate of drug-likeness (QED) is 0.390. The van der Waals surface area contributed by atoms with Gasteiger partial charge in [-0.25, -0.2) is 0 Å². The number of nitrogens with zero attached hydrogens (tertiary/aromatic N) is 2. The van der Waals surface area contributed by atoms with Gasteiger partial charge in [0, 0.05) is 41.5 Å². The van der Waals surface area contributed by atoms with Gasteiger partial charge in [-0.15, -0.1) is 11.8 Å². The highest BCUT2D eigenvalue weighted by Gasteiger charge is 2.28. The SMILES string of the molecule is CCC(C(=O)NC)N(Cc1ccc(Cl)cc1Cl)C(=O)CSCc1ccc([N+](=O)[O-])cc1. The molecule has 1 atom stereocenters. The molecule has 1 N–H and O–H groups in total. The van der Waals surface area contributed by atoms with E-state index in [1.807, 2.05) is 6.92 Å². The summed E-state index contributed by atoms with van der Waals surface area (Å²) in [5.41, 5.74) is 1.59. The van der Waals surface area contributed by atoms with E-state index in [-0.39, 0.29) is 29.8 Å². The van der Waals surface area contributed by atoms with Gasteiger partial charge in [-0.2, -0.15) is 0 Å². The third-order valence-corrected chi connectivity index (χ3v) is 6.21. The van der Waals surface area contributed by atoms with Gasteiger partial charge in [-0.1, -0.05) is 48.3 Å². The summed E-state index contributed by atoms with van der Waals surface area (Å²) < 4.78 is 0. The maximum Gasteiger partial charge on any atom is 0.269 e. The molecular weight excluding hydrogens is 461 g/mol. The highest BCUT2D eigenvalue weighted by Crippen LogP contribution is 2.24. The number of nitrogens with one attached hydrogen (secondary N) is 1. The fraction of sp³-hybridized carbons (Fsp3) is 0.333. The average Bonchev–Trinajstić information content (AvgIpc) is 2.75. The van der Waals surface area contributed by atoms with Crippen LogP contribution in [0.4, 0.5) is 5.69 Å². The molecule has 31 heavy (non-hydrogen) atoms. The van der Waals surface area contributed by atoms with Crippen LogP contribution in [-0.4, -0.2) is 40.5 Å². The molecule has 2 aromatic carbocycles.